The molecule has 0 radical (unpaired) electrons. The maximum Gasteiger partial charge on any atom is 0.160 e. The summed E-state index contributed by atoms with van der Waals surface area (Å²) in [5, 5.41) is 0.341. The van der Waals surface area contributed by atoms with Gasteiger partial charge in [-0.1, -0.05) is 146 Å². The molecular formula is C43H29N3S. The highest BCUT2D eigenvalue weighted by Gasteiger charge is 2.41. The van der Waals surface area contributed by atoms with E-state index >= 15 is 0 Å². The van der Waals surface area contributed by atoms with E-state index in [9.17, 15) is 0 Å². The molecule has 0 saturated carbocycles. The molecule has 9 rings (SSSR count). The molecule has 0 fully saturated rings. The quantitative estimate of drug-likeness (QED) is 0.192. The van der Waals surface area contributed by atoms with Gasteiger partial charge in [-0.15, -0.1) is 11.8 Å². The van der Waals surface area contributed by atoms with Crippen molar-refractivity contribution >= 4 is 23.2 Å². The summed E-state index contributed by atoms with van der Waals surface area (Å²) in [6, 6.07) is 57.6. The van der Waals surface area contributed by atoms with Crippen molar-refractivity contribution in [3.63, 3.8) is 0 Å². The first-order valence-electron chi connectivity index (χ1n) is 15.9. The van der Waals surface area contributed by atoms with Gasteiger partial charge >= 0.3 is 0 Å². The Hall–Kier alpha value is -5.58. The second-order valence-electron chi connectivity index (χ2n) is 12.0. The van der Waals surface area contributed by atoms with Crippen LogP contribution in [0.4, 0.5) is 5.69 Å². The van der Waals surface area contributed by atoms with Crippen LogP contribution in [-0.2, 0) is 0 Å². The van der Waals surface area contributed by atoms with E-state index in [0.717, 1.165) is 45.0 Å². The number of thioether (sulfide) groups is 1. The summed E-state index contributed by atoms with van der Waals surface area (Å²) in [6.45, 7) is 0. The zero-order valence-corrected chi connectivity index (χ0v) is 26.3. The van der Waals surface area contributed by atoms with Gasteiger partial charge in [0.2, 0.25) is 0 Å². The van der Waals surface area contributed by atoms with Crippen LogP contribution in [0.5, 0.6) is 0 Å². The first-order valence-corrected chi connectivity index (χ1v) is 16.8. The van der Waals surface area contributed by atoms with Gasteiger partial charge in [0.1, 0.15) is 0 Å². The van der Waals surface area contributed by atoms with Crippen molar-refractivity contribution in [1.82, 2.24) is 9.97 Å². The molecule has 2 unspecified atom stereocenters. The van der Waals surface area contributed by atoms with Crippen LogP contribution in [0.1, 0.15) is 27.9 Å². The third-order valence-electron chi connectivity index (χ3n) is 9.11. The molecule has 3 nitrogen and oxygen atoms in total. The van der Waals surface area contributed by atoms with Crippen molar-refractivity contribution in [3.05, 3.63) is 180 Å². The Morgan fingerprint density at radius 1 is 0.426 bits per heavy atom. The van der Waals surface area contributed by atoms with E-state index in [2.05, 4.69) is 127 Å². The summed E-state index contributed by atoms with van der Waals surface area (Å²) in [5.41, 5.74) is 13.4. The molecule has 0 N–H and O–H groups in total. The molecular weight excluding hydrogens is 591 g/mol. The highest BCUT2D eigenvalue weighted by atomic mass is 32.2. The third kappa shape index (κ3) is 5.08. The van der Waals surface area contributed by atoms with E-state index in [1.807, 2.05) is 48.2 Å². The summed E-state index contributed by atoms with van der Waals surface area (Å²) in [6.07, 6.45) is 0. The fraction of sp³-hybridized carbons (Fsp3) is 0.0465. The summed E-state index contributed by atoms with van der Waals surface area (Å²) in [7, 11) is 0. The number of rotatable bonds is 5. The SMILES string of the molecule is c1ccc(-c2cc(-c3ccccc3)nc(-c3ccc(-c4ccc(C5=Nc6ccccc6C6Sc7ccccc7C56)cc4)cc3)n2)cc1. The van der Waals surface area contributed by atoms with Gasteiger partial charge in [0.05, 0.1) is 22.8 Å². The van der Waals surface area contributed by atoms with E-state index in [1.165, 1.54) is 27.1 Å². The molecule has 2 aliphatic rings. The smallest absolute Gasteiger partial charge is 0.160 e. The van der Waals surface area contributed by atoms with Crippen LogP contribution in [-0.4, -0.2) is 15.7 Å². The number of hydrogen-bond acceptors (Lipinski definition) is 4. The highest BCUT2D eigenvalue weighted by Crippen LogP contribution is 2.59. The number of benzene rings is 6. The van der Waals surface area contributed by atoms with Crippen LogP contribution in [0.3, 0.4) is 0 Å². The van der Waals surface area contributed by atoms with Gasteiger partial charge in [0.25, 0.3) is 0 Å². The van der Waals surface area contributed by atoms with Crippen molar-refractivity contribution in [2.24, 2.45) is 4.99 Å². The lowest BCUT2D eigenvalue weighted by Crippen LogP contribution is -2.20. The van der Waals surface area contributed by atoms with Crippen molar-refractivity contribution < 1.29 is 0 Å². The molecule has 47 heavy (non-hydrogen) atoms. The molecule has 2 atom stereocenters. The zero-order chi connectivity index (χ0) is 31.2. The Kier molecular flexibility index (Phi) is 6.87. The van der Waals surface area contributed by atoms with Gasteiger partial charge in [-0.2, -0.15) is 0 Å². The Morgan fingerprint density at radius 3 is 1.57 bits per heavy atom. The van der Waals surface area contributed by atoms with Gasteiger partial charge in [0.15, 0.2) is 5.82 Å². The van der Waals surface area contributed by atoms with Crippen LogP contribution in [0, 0.1) is 0 Å². The fourth-order valence-corrected chi connectivity index (χ4v) is 8.25. The van der Waals surface area contributed by atoms with Gasteiger partial charge in [0, 0.05) is 32.8 Å². The van der Waals surface area contributed by atoms with E-state index < -0.39 is 0 Å². The fourth-order valence-electron chi connectivity index (χ4n) is 6.75. The van der Waals surface area contributed by atoms with E-state index in [0.29, 0.717) is 11.1 Å². The van der Waals surface area contributed by atoms with Crippen LogP contribution in [0.15, 0.2) is 174 Å². The minimum Gasteiger partial charge on any atom is -0.252 e. The third-order valence-corrected chi connectivity index (χ3v) is 10.5. The lowest BCUT2D eigenvalue weighted by molar-refractivity contribution is 0.850. The first-order chi connectivity index (χ1) is 23.3. The molecule has 0 amide bonds. The molecule has 3 heterocycles. The van der Waals surface area contributed by atoms with Crippen molar-refractivity contribution in [2.45, 2.75) is 16.1 Å². The van der Waals surface area contributed by atoms with Gasteiger partial charge in [-0.05, 0) is 46.0 Å². The first kappa shape index (κ1) is 27.7. The molecule has 7 aromatic rings. The number of aliphatic imine (C=N–C) groups is 1. The maximum atomic E-state index is 5.25. The summed E-state index contributed by atoms with van der Waals surface area (Å²) < 4.78 is 0. The Bertz CT molecular complexity index is 2200. The molecule has 4 heteroatoms. The van der Waals surface area contributed by atoms with E-state index in [-0.39, 0.29) is 5.92 Å². The number of para-hydroxylation sites is 1. The lowest BCUT2D eigenvalue weighted by atomic mass is 9.82. The summed E-state index contributed by atoms with van der Waals surface area (Å²) >= 11 is 1.97. The van der Waals surface area contributed by atoms with Gasteiger partial charge in [-0.25, -0.2) is 9.97 Å². The molecule has 2 aliphatic heterocycles. The molecule has 0 aliphatic carbocycles. The molecule has 0 saturated heterocycles. The van der Waals surface area contributed by atoms with Crippen LogP contribution < -0.4 is 0 Å². The van der Waals surface area contributed by atoms with Crippen molar-refractivity contribution in [3.8, 4) is 45.0 Å². The summed E-state index contributed by atoms with van der Waals surface area (Å²) in [4.78, 5) is 16.6. The van der Waals surface area contributed by atoms with E-state index in [1.54, 1.807) is 0 Å². The minimum absolute atomic E-state index is 0.240. The molecule has 222 valence electrons. The molecule has 0 spiro atoms. The topological polar surface area (TPSA) is 38.1 Å². The summed E-state index contributed by atoms with van der Waals surface area (Å²) in [5.74, 6) is 0.954. The molecule has 1 aromatic heterocycles. The number of hydrogen-bond donors (Lipinski definition) is 0. The Labute approximate surface area is 278 Å². The Morgan fingerprint density at radius 2 is 0.936 bits per heavy atom. The number of fused-ring (bicyclic) bond motifs is 5. The standard InChI is InChI=1S/C43H29N3S/c1-3-11-30(12-4-1)37-27-38(31-13-5-2-6-14-31)46-43(45-37)33-25-21-29(22-26-33)28-19-23-32(24-20-28)41-40-35-16-8-10-18-39(35)47-42(40)34-15-7-9-17-36(34)44-41/h1-27,40,42H. The molecule has 6 aromatic carbocycles. The van der Waals surface area contributed by atoms with Crippen LogP contribution >= 0.6 is 11.8 Å². The average molecular weight is 620 g/mol. The van der Waals surface area contributed by atoms with Gasteiger partial charge < -0.3 is 0 Å². The van der Waals surface area contributed by atoms with Crippen molar-refractivity contribution in [1.29, 1.82) is 0 Å². The monoisotopic (exact) mass is 619 g/mol. The average Bonchev–Trinajstić information content (AvgIpc) is 3.55. The van der Waals surface area contributed by atoms with Crippen molar-refractivity contribution in [2.75, 3.05) is 0 Å². The predicted molar refractivity (Wildman–Crippen MR) is 194 cm³/mol. The zero-order valence-electron chi connectivity index (χ0n) is 25.5. The molecule has 0 bridgehead atoms. The maximum absolute atomic E-state index is 5.25. The van der Waals surface area contributed by atoms with Crippen LogP contribution in [0.2, 0.25) is 0 Å². The minimum atomic E-state index is 0.240. The lowest BCUT2D eigenvalue weighted by Gasteiger charge is -2.28. The second-order valence-corrected chi connectivity index (χ2v) is 13.1. The predicted octanol–water partition coefficient (Wildman–Crippen LogP) is 11.2. The largest absolute Gasteiger partial charge is 0.252 e. The second kappa shape index (κ2) is 11.7. The highest BCUT2D eigenvalue weighted by molar-refractivity contribution is 8.00. The van der Waals surface area contributed by atoms with Crippen LogP contribution in [0.25, 0.3) is 45.0 Å². The van der Waals surface area contributed by atoms with Gasteiger partial charge in [-0.3, -0.25) is 4.99 Å². The number of aromatic nitrogens is 2. The van der Waals surface area contributed by atoms with E-state index in [4.69, 9.17) is 15.0 Å². The normalized spacial score (nSPS) is 16.1. The number of nitrogens with zero attached hydrogens (tertiary/aromatic N) is 3. The Balaban J connectivity index is 1.04.